The third-order valence-corrected chi connectivity index (χ3v) is 8.87. The lowest BCUT2D eigenvalue weighted by Gasteiger charge is -2.38. The van der Waals surface area contributed by atoms with Gasteiger partial charge in [0.1, 0.15) is 18.1 Å². The molecule has 0 saturated heterocycles. The second-order valence-electron chi connectivity index (χ2n) is 9.21. The number of aryl methyl sites for hydroxylation is 2. The molecule has 3 N–H and O–H groups in total. The first-order valence-electron chi connectivity index (χ1n) is 12.1. The molecule has 2 aromatic carbocycles. The number of hydrogen-bond donors (Lipinski definition) is 3. The highest BCUT2D eigenvalue weighted by Crippen LogP contribution is 2.45. The van der Waals surface area contributed by atoms with E-state index in [1.54, 1.807) is 24.3 Å². The molecule has 1 aliphatic heterocycles. The van der Waals surface area contributed by atoms with Crippen LogP contribution in [0.4, 0.5) is 5.69 Å². The van der Waals surface area contributed by atoms with Crippen LogP contribution in [0, 0.1) is 11.4 Å². The number of nitrogens with zero attached hydrogens (tertiary/aromatic N) is 2. The monoisotopic (exact) mass is 498 g/mol. The van der Waals surface area contributed by atoms with Crippen molar-refractivity contribution in [1.82, 2.24) is 5.32 Å². The summed E-state index contributed by atoms with van der Waals surface area (Å²) < 4.78 is 35.5. The molecule has 9 heteroatoms. The summed E-state index contributed by atoms with van der Waals surface area (Å²) in [4.78, 5) is 0.138. The molecule has 8 nitrogen and oxygen atoms in total. The molecule has 1 unspecified atom stereocenters. The van der Waals surface area contributed by atoms with Crippen LogP contribution in [0.2, 0.25) is 0 Å². The highest BCUT2D eigenvalue weighted by atomic mass is 32.2. The first kappa shape index (κ1) is 25.2. The van der Waals surface area contributed by atoms with Gasteiger partial charge in [-0.2, -0.15) is 5.11 Å². The van der Waals surface area contributed by atoms with Gasteiger partial charge in [0, 0.05) is 24.4 Å². The maximum Gasteiger partial charge on any atom is 0.264 e. The summed E-state index contributed by atoms with van der Waals surface area (Å²) in [6.07, 6.45) is 4.71. The van der Waals surface area contributed by atoms with Gasteiger partial charge in [-0.1, -0.05) is 19.1 Å². The van der Waals surface area contributed by atoms with Gasteiger partial charge in [-0.15, -0.1) is 0 Å². The lowest BCUT2D eigenvalue weighted by Crippen LogP contribution is -2.45. The number of hydrogen-bond acceptors (Lipinski definition) is 7. The van der Waals surface area contributed by atoms with Crippen LogP contribution in [0.15, 0.2) is 57.8 Å². The summed E-state index contributed by atoms with van der Waals surface area (Å²) in [5, 5.41) is 16.4. The van der Waals surface area contributed by atoms with Crippen molar-refractivity contribution in [1.29, 1.82) is 5.53 Å². The van der Waals surface area contributed by atoms with E-state index in [9.17, 15) is 13.5 Å². The van der Waals surface area contributed by atoms with E-state index >= 15 is 0 Å². The molecule has 1 heterocycles. The number of nitrogens with one attached hydrogen (secondary N) is 2. The number of ether oxygens (including phenoxy) is 1. The fourth-order valence-electron chi connectivity index (χ4n) is 4.70. The van der Waals surface area contributed by atoms with Gasteiger partial charge in [0.15, 0.2) is 0 Å². The second kappa shape index (κ2) is 10.4. The fraction of sp³-hybridized carbons (Fsp3) is 0.462. The van der Waals surface area contributed by atoms with Crippen molar-refractivity contribution < 1.29 is 18.3 Å². The van der Waals surface area contributed by atoms with Crippen molar-refractivity contribution in [3.8, 4) is 5.75 Å². The summed E-state index contributed by atoms with van der Waals surface area (Å²) in [5.74, 6) is 0.750. The van der Waals surface area contributed by atoms with Gasteiger partial charge in [0.25, 0.3) is 10.0 Å². The predicted octanol–water partition coefficient (Wildman–Crippen LogP) is 4.52. The number of aliphatic hydroxyl groups excluding tert-OH is 1. The first-order chi connectivity index (χ1) is 16.8. The molecule has 1 fully saturated rings. The third-order valence-electron chi connectivity index (χ3n) is 7.03. The largest absolute Gasteiger partial charge is 0.487 e. The smallest absolute Gasteiger partial charge is 0.264 e. The van der Waals surface area contributed by atoms with E-state index in [4.69, 9.17) is 10.3 Å². The van der Waals surface area contributed by atoms with Gasteiger partial charge in [-0.3, -0.25) is 4.31 Å². The molecule has 1 aliphatic carbocycles. The van der Waals surface area contributed by atoms with Crippen LogP contribution in [-0.4, -0.2) is 33.2 Å². The predicted molar refractivity (Wildman–Crippen MR) is 135 cm³/mol. The van der Waals surface area contributed by atoms with Crippen LogP contribution >= 0.6 is 0 Å². The molecule has 0 bridgehead atoms. The Kier molecular flexibility index (Phi) is 7.47. The minimum Gasteiger partial charge on any atom is -0.487 e. The number of allylic oxidation sites excluding steroid dienone is 1. The van der Waals surface area contributed by atoms with Gasteiger partial charge in [0.2, 0.25) is 0 Å². The summed E-state index contributed by atoms with van der Waals surface area (Å²) in [6, 6.07) is 10.7. The van der Waals surface area contributed by atoms with Crippen molar-refractivity contribution in [2.45, 2.75) is 63.5 Å². The average molecular weight is 499 g/mol. The maximum atomic E-state index is 14.0. The molecule has 4 rings (SSSR count). The van der Waals surface area contributed by atoms with Gasteiger partial charge >= 0.3 is 0 Å². The molecule has 188 valence electrons. The number of rotatable bonds is 10. The molecule has 2 aromatic rings. The van der Waals surface area contributed by atoms with Crippen molar-refractivity contribution >= 4 is 15.7 Å². The van der Waals surface area contributed by atoms with E-state index in [-0.39, 0.29) is 24.2 Å². The van der Waals surface area contributed by atoms with Crippen LogP contribution in [0.1, 0.15) is 49.8 Å². The molecule has 1 atom stereocenters. The zero-order chi connectivity index (χ0) is 25.2. The number of sulfonamides is 1. The quantitative estimate of drug-likeness (QED) is 0.417. The van der Waals surface area contributed by atoms with Crippen LogP contribution in [0.5, 0.6) is 5.75 Å². The van der Waals surface area contributed by atoms with Crippen LogP contribution < -0.4 is 14.4 Å². The van der Waals surface area contributed by atoms with Crippen LogP contribution in [0.25, 0.3) is 0 Å². The Morgan fingerprint density at radius 2 is 2.00 bits per heavy atom. The van der Waals surface area contributed by atoms with E-state index in [1.807, 2.05) is 12.1 Å². The molecule has 0 spiro atoms. The number of benzene rings is 2. The Morgan fingerprint density at radius 3 is 2.63 bits per heavy atom. The Labute approximate surface area is 207 Å². The molecule has 35 heavy (non-hydrogen) atoms. The molecule has 2 aliphatic rings. The summed E-state index contributed by atoms with van der Waals surface area (Å²) in [5.41, 5.74) is 11.9. The van der Waals surface area contributed by atoms with Gasteiger partial charge in [-0.05, 0) is 80.3 Å². The van der Waals surface area contributed by atoms with Gasteiger partial charge in [-0.25, -0.2) is 13.9 Å². The Balaban J connectivity index is 1.69. The van der Waals surface area contributed by atoms with Crippen LogP contribution in [-0.2, 0) is 29.5 Å². The zero-order valence-corrected chi connectivity index (χ0v) is 21.4. The lowest BCUT2D eigenvalue weighted by molar-refractivity contribution is 0.267. The molecule has 0 aromatic heterocycles. The van der Waals surface area contributed by atoms with Crippen molar-refractivity contribution in [2.24, 2.45) is 11.0 Å². The van der Waals surface area contributed by atoms with E-state index in [1.165, 1.54) is 17.7 Å². The first-order valence-corrected chi connectivity index (χ1v) is 13.6. The standard InChI is InChI=1S/C26H34N4O4S/c1-4-18-5-10-25-20(13-18)8-11-24(19-6-7-19)30(25)35(32,33)22-9-12-26(21(14-22)15-31)34-16-23(29-27)17(2)28-3/h5,9-10,12-14,19,24,27-28,31H,4,6-8,11,15-16H2,1-3H3/b23-17-,29-27?. The number of fused-ring (bicyclic) bond motifs is 1. The minimum absolute atomic E-state index is 0.0261. The SMILES string of the molecule is CCc1ccc2c(c1)CCC(C1CC1)N2S(=O)(=O)c1ccc(OC/C(N=N)=C(\C)NC)c(CO)c1. The van der Waals surface area contributed by atoms with E-state index in [0.29, 0.717) is 28.6 Å². The minimum atomic E-state index is -3.85. The summed E-state index contributed by atoms with van der Waals surface area (Å²) >= 11 is 0. The highest BCUT2D eigenvalue weighted by molar-refractivity contribution is 7.92. The highest BCUT2D eigenvalue weighted by Gasteiger charge is 2.43. The van der Waals surface area contributed by atoms with E-state index < -0.39 is 10.0 Å². The molecule has 1 saturated carbocycles. The van der Waals surface area contributed by atoms with Gasteiger partial charge in [0.05, 0.1) is 17.2 Å². The topological polar surface area (TPSA) is 115 Å². The number of aliphatic hydroxyl groups is 1. The molecule has 0 radical (unpaired) electrons. The zero-order valence-electron chi connectivity index (χ0n) is 20.5. The van der Waals surface area contributed by atoms with Crippen molar-refractivity contribution in [3.05, 3.63) is 64.5 Å². The summed E-state index contributed by atoms with van der Waals surface area (Å²) in [6.45, 7) is 3.54. The normalized spacial score (nSPS) is 18.5. The Bertz CT molecular complexity index is 1240. The summed E-state index contributed by atoms with van der Waals surface area (Å²) in [7, 11) is -2.12. The van der Waals surface area contributed by atoms with Crippen molar-refractivity contribution in [3.63, 3.8) is 0 Å². The molecular weight excluding hydrogens is 464 g/mol. The van der Waals surface area contributed by atoms with Crippen LogP contribution in [0.3, 0.4) is 0 Å². The van der Waals surface area contributed by atoms with Gasteiger partial charge < -0.3 is 15.2 Å². The van der Waals surface area contributed by atoms with Crippen molar-refractivity contribution in [2.75, 3.05) is 18.0 Å². The Morgan fingerprint density at radius 1 is 1.23 bits per heavy atom. The maximum absolute atomic E-state index is 14.0. The lowest BCUT2D eigenvalue weighted by atomic mass is 9.93. The average Bonchev–Trinajstić information content (AvgIpc) is 3.73. The molecule has 0 amide bonds. The molecular formula is C26H34N4O4S. The third kappa shape index (κ3) is 5.06. The number of anilines is 1. The second-order valence-corrected chi connectivity index (χ2v) is 11.0. The Hall–Kier alpha value is -2.91. The van der Waals surface area contributed by atoms with E-state index in [0.717, 1.165) is 43.4 Å². The van der Waals surface area contributed by atoms with E-state index in [2.05, 4.69) is 23.4 Å². The fourth-order valence-corrected chi connectivity index (χ4v) is 6.53.